The lowest BCUT2D eigenvalue weighted by Gasteiger charge is -2.06. The van der Waals surface area contributed by atoms with Crippen LogP contribution in [0.5, 0.6) is 5.75 Å². The van der Waals surface area contributed by atoms with Crippen LogP contribution in [-0.2, 0) is 11.2 Å². The van der Waals surface area contributed by atoms with Crippen molar-refractivity contribution in [2.45, 2.75) is 13.3 Å². The third kappa shape index (κ3) is 3.00. The Morgan fingerprint density at radius 1 is 1.17 bits per heavy atom. The fourth-order valence-electron chi connectivity index (χ4n) is 1.94. The minimum atomic E-state index is 0.0115. The van der Waals surface area contributed by atoms with E-state index in [4.69, 9.17) is 4.74 Å². The fourth-order valence-corrected chi connectivity index (χ4v) is 1.94. The molecule has 2 rings (SSSR count). The van der Waals surface area contributed by atoms with E-state index in [1.165, 1.54) is 17.9 Å². The maximum atomic E-state index is 10.8. The van der Waals surface area contributed by atoms with E-state index < -0.39 is 0 Å². The topological polar surface area (TPSA) is 38.3 Å². The molecule has 1 amide bonds. The lowest BCUT2D eigenvalue weighted by Crippen LogP contribution is -2.22. The zero-order valence-electron chi connectivity index (χ0n) is 10.7. The summed E-state index contributed by atoms with van der Waals surface area (Å²) in [6.07, 6.45) is 0.840. The van der Waals surface area contributed by atoms with E-state index in [0.29, 0.717) is 6.54 Å². The molecule has 0 aromatic heterocycles. The predicted octanol–water partition coefficient (Wildman–Crippen LogP) is 2.53. The van der Waals surface area contributed by atoms with Gasteiger partial charge in [0.15, 0.2) is 0 Å². The Morgan fingerprint density at radius 2 is 1.94 bits per heavy atom. The molecular formula is C15H17NO2. The molecule has 94 valence electrons. The standard InChI is InChI=1S/C15H17NO2/c1-11(17)16-8-7-12-3-4-13-5-6-15(18-2)10-14(13)9-12/h3-6,9-10H,7-8H2,1-2H3,(H,16,17). The third-order valence-electron chi connectivity index (χ3n) is 2.90. The first kappa shape index (κ1) is 12.4. The van der Waals surface area contributed by atoms with E-state index >= 15 is 0 Å². The second-order valence-corrected chi connectivity index (χ2v) is 4.28. The third-order valence-corrected chi connectivity index (χ3v) is 2.90. The van der Waals surface area contributed by atoms with E-state index in [9.17, 15) is 4.79 Å². The van der Waals surface area contributed by atoms with Gasteiger partial charge in [0.1, 0.15) is 5.75 Å². The number of benzene rings is 2. The van der Waals surface area contributed by atoms with E-state index in [0.717, 1.165) is 17.6 Å². The van der Waals surface area contributed by atoms with Gasteiger partial charge in [-0.3, -0.25) is 4.79 Å². The molecule has 18 heavy (non-hydrogen) atoms. The van der Waals surface area contributed by atoms with Crippen LogP contribution in [0.3, 0.4) is 0 Å². The number of ether oxygens (including phenoxy) is 1. The van der Waals surface area contributed by atoms with Crippen LogP contribution in [0.15, 0.2) is 36.4 Å². The highest BCUT2D eigenvalue weighted by atomic mass is 16.5. The van der Waals surface area contributed by atoms with E-state index in [1.54, 1.807) is 7.11 Å². The Bertz CT molecular complexity index is 563. The molecule has 0 radical (unpaired) electrons. The minimum Gasteiger partial charge on any atom is -0.497 e. The molecule has 0 atom stereocenters. The molecule has 1 N–H and O–H groups in total. The first-order valence-electron chi connectivity index (χ1n) is 6.00. The van der Waals surface area contributed by atoms with Crippen LogP contribution in [0.2, 0.25) is 0 Å². The van der Waals surface area contributed by atoms with Gasteiger partial charge in [-0.05, 0) is 34.9 Å². The number of carbonyl (C=O) groups is 1. The van der Waals surface area contributed by atoms with Crippen LogP contribution in [0.4, 0.5) is 0 Å². The molecule has 2 aromatic rings. The van der Waals surface area contributed by atoms with Crippen molar-refractivity contribution in [1.29, 1.82) is 0 Å². The number of carbonyl (C=O) groups excluding carboxylic acids is 1. The van der Waals surface area contributed by atoms with Crippen LogP contribution >= 0.6 is 0 Å². The molecule has 3 nitrogen and oxygen atoms in total. The molecule has 0 saturated carbocycles. The molecular weight excluding hydrogens is 226 g/mol. The van der Waals surface area contributed by atoms with Gasteiger partial charge in [0.05, 0.1) is 7.11 Å². The van der Waals surface area contributed by atoms with Crippen LogP contribution in [0.25, 0.3) is 10.8 Å². The molecule has 2 aromatic carbocycles. The number of fused-ring (bicyclic) bond motifs is 1. The van der Waals surface area contributed by atoms with Crippen molar-refractivity contribution in [3.8, 4) is 5.75 Å². The summed E-state index contributed by atoms with van der Waals surface area (Å²) in [5.74, 6) is 0.874. The maximum absolute atomic E-state index is 10.8. The van der Waals surface area contributed by atoms with Crippen molar-refractivity contribution in [1.82, 2.24) is 5.32 Å². The molecule has 0 aliphatic heterocycles. The van der Waals surface area contributed by atoms with Crippen molar-refractivity contribution in [3.63, 3.8) is 0 Å². The zero-order valence-corrected chi connectivity index (χ0v) is 10.7. The van der Waals surface area contributed by atoms with E-state index in [-0.39, 0.29) is 5.91 Å². The molecule has 0 heterocycles. The highest BCUT2D eigenvalue weighted by Crippen LogP contribution is 2.21. The zero-order chi connectivity index (χ0) is 13.0. The lowest BCUT2D eigenvalue weighted by molar-refractivity contribution is -0.118. The fraction of sp³-hybridized carbons (Fsp3) is 0.267. The Labute approximate surface area is 107 Å². The molecule has 0 aliphatic rings. The number of amides is 1. The predicted molar refractivity (Wildman–Crippen MR) is 72.9 cm³/mol. The molecule has 0 bridgehead atoms. The quantitative estimate of drug-likeness (QED) is 0.896. The van der Waals surface area contributed by atoms with Crippen molar-refractivity contribution < 1.29 is 9.53 Å². The van der Waals surface area contributed by atoms with Gasteiger partial charge in [0.25, 0.3) is 0 Å². The number of nitrogens with one attached hydrogen (secondary N) is 1. The largest absolute Gasteiger partial charge is 0.497 e. The summed E-state index contributed by atoms with van der Waals surface area (Å²) in [6.45, 7) is 2.20. The van der Waals surface area contributed by atoms with Crippen molar-refractivity contribution in [2.75, 3.05) is 13.7 Å². The Hall–Kier alpha value is -2.03. The normalized spacial score (nSPS) is 10.3. The average Bonchev–Trinajstić information content (AvgIpc) is 2.37. The van der Waals surface area contributed by atoms with Crippen molar-refractivity contribution in [2.24, 2.45) is 0 Å². The summed E-state index contributed by atoms with van der Waals surface area (Å²) in [6, 6.07) is 12.4. The van der Waals surface area contributed by atoms with Gasteiger partial charge in [-0.1, -0.05) is 24.3 Å². The molecule has 0 aliphatic carbocycles. The maximum Gasteiger partial charge on any atom is 0.216 e. The van der Waals surface area contributed by atoms with Gasteiger partial charge in [0.2, 0.25) is 5.91 Å². The summed E-state index contributed by atoms with van der Waals surface area (Å²) in [5, 5.41) is 5.16. The Balaban J connectivity index is 2.17. The lowest BCUT2D eigenvalue weighted by atomic mass is 10.0. The second kappa shape index (κ2) is 5.54. The molecule has 0 unspecified atom stereocenters. The number of hydrogen-bond donors (Lipinski definition) is 1. The van der Waals surface area contributed by atoms with Crippen molar-refractivity contribution in [3.05, 3.63) is 42.0 Å². The number of hydrogen-bond acceptors (Lipinski definition) is 2. The second-order valence-electron chi connectivity index (χ2n) is 4.28. The van der Waals surface area contributed by atoms with Gasteiger partial charge < -0.3 is 10.1 Å². The Kier molecular flexibility index (Phi) is 3.82. The Morgan fingerprint density at radius 3 is 2.67 bits per heavy atom. The monoisotopic (exact) mass is 243 g/mol. The van der Waals surface area contributed by atoms with Crippen molar-refractivity contribution >= 4 is 16.7 Å². The smallest absolute Gasteiger partial charge is 0.216 e. The number of rotatable bonds is 4. The molecule has 0 saturated heterocycles. The minimum absolute atomic E-state index is 0.0115. The van der Waals surface area contributed by atoms with Crippen LogP contribution in [-0.4, -0.2) is 19.6 Å². The summed E-state index contributed by atoms with van der Waals surface area (Å²) >= 11 is 0. The van der Waals surface area contributed by atoms with Gasteiger partial charge in [-0.2, -0.15) is 0 Å². The van der Waals surface area contributed by atoms with Gasteiger partial charge in [0, 0.05) is 13.5 Å². The number of methoxy groups -OCH3 is 1. The van der Waals surface area contributed by atoms with Gasteiger partial charge in [-0.25, -0.2) is 0 Å². The summed E-state index contributed by atoms with van der Waals surface area (Å²) < 4.78 is 5.22. The van der Waals surface area contributed by atoms with Crippen LogP contribution < -0.4 is 10.1 Å². The highest BCUT2D eigenvalue weighted by Gasteiger charge is 1.99. The first-order chi connectivity index (χ1) is 8.69. The van der Waals surface area contributed by atoms with Gasteiger partial charge in [-0.15, -0.1) is 0 Å². The van der Waals surface area contributed by atoms with Crippen LogP contribution in [0.1, 0.15) is 12.5 Å². The average molecular weight is 243 g/mol. The molecule has 0 spiro atoms. The van der Waals surface area contributed by atoms with E-state index in [2.05, 4.69) is 23.5 Å². The molecule has 0 fully saturated rings. The first-order valence-corrected chi connectivity index (χ1v) is 6.00. The molecule has 3 heteroatoms. The van der Waals surface area contributed by atoms with E-state index in [1.807, 2.05) is 18.2 Å². The SMILES string of the molecule is COc1ccc2ccc(CCNC(C)=O)cc2c1. The summed E-state index contributed by atoms with van der Waals surface area (Å²) in [4.78, 5) is 10.8. The van der Waals surface area contributed by atoms with Gasteiger partial charge >= 0.3 is 0 Å². The van der Waals surface area contributed by atoms with Crippen LogP contribution in [0, 0.1) is 0 Å². The summed E-state index contributed by atoms with van der Waals surface area (Å²) in [5.41, 5.74) is 1.21. The highest BCUT2D eigenvalue weighted by molar-refractivity contribution is 5.84. The summed E-state index contributed by atoms with van der Waals surface area (Å²) in [7, 11) is 1.67.